The first-order valence-electron chi connectivity index (χ1n) is 5.46. The van der Waals surface area contributed by atoms with Crippen LogP contribution in [0.2, 0.25) is 0 Å². The molecule has 96 valence electrons. The van der Waals surface area contributed by atoms with E-state index < -0.39 is 12.1 Å². The Morgan fingerprint density at radius 3 is 2.78 bits per heavy atom. The molecule has 2 N–H and O–H groups in total. The lowest BCUT2D eigenvalue weighted by atomic mass is 10.2. The van der Waals surface area contributed by atoms with Gasteiger partial charge in [0, 0.05) is 5.25 Å². The lowest BCUT2D eigenvalue weighted by Crippen LogP contribution is -2.14. The molecular formula is C12H13NO4S. The third kappa shape index (κ3) is 2.65. The van der Waals surface area contributed by atoms with Crippen LogP contribution in [0.4, 0.5) is 0 Å². The molecule has 2 rings (SSSR count). The van der Waals surface area contributed by atoms with E-state index in [1.54, 1.807) is 13.0 Å². The van der Waals surface area contributed by atoms with Crippen LogP contribution in [0.5, 0.6) is 0 Å². The van der Waals surface area contributed by atoms with Crippen LogP contribution in [0.1, 0.15) is 24.2 Å². The molecule has 2 unspecified atom stereocenters. The van der Waals surface area contributed by atoms with Gasteiger partial charge in [-0.2, -0.15) is 0 Å². The highest BCUT2D eigenvalue weighted by atomic mass is 32.2. The third-order valence-electron chi connectivity index (χ3n) is 2.58. The normalized spacial score (nSPS) is 14.6. The molecule has 0 aliphatic rings. The van der Waals surface area contributed by atoms with Crippen LogP contribution in [0.15, 0.2) is 27.8 Å². The van der Waals surface area contributed by atoms with Crippen molar-refractivity contribution in [2.75, 3.05) is 0 Å². The summed E-state index contributed by atoms with van der Waals surface area (Å²) in [4.78, 5) is 15.0. The van der Waals surface area contributed by atoms with Gasteiger partial charge in [-0.25, -0.2) is 9.78 Å². The summed E-state index contributed by atoms with van der Waals surface area (Å²) >= 11 is 1.32. The van der Waals surface area contributed by atoms with Crippen LogP contribution in [0, 0.1) is 0 Å². The second-order valence-electron chi connectivity index (χ2n) is 4.03. The maximum absolute atomic E-state index is 10.8. The topological polar surface area (TPSA) is 83.6 Å². The summed E-state index contributed by atoms with van der Waals surface area (Å²) < 4.78 is 5.46. The quantitative estimate of drug-likeness (QED) is 0.827. The number of aromatic nitrogens is 1. The minimum absolute atomic E-state index is 0.0444. The van der Waals surface area contributed by atoms with Gasteiger partial charge in [-0.1, -0.05) is 18.7 Å². The van der Waals surface area contributed by atoms with Crippen molar-refractivity contribution in [2.24, 2.45) is 0 Å². The summed E-state index contributed by atoms with van der Waals surface area (Å²) in [5, 5.41) is 18.7. The molecule has 0 fully saturated rings. The Morgan fingerprint density at radius 2 is 2.17 bits per heavy atom. The zero-order valence-corrected chi connectivity index (χ0v) is 10.8. The van der Waals surface area contributed by atoms with Crippen molar-refractivity contribution in [1.29, 1.82) is 0 Å². The Balaban J connectivity index is 2.30. The number of oxazole rings is 1. The SMILES string of the molecule is CC(O)C(C)Sc1nc2ccc(C(=O)O)cc2o1. The van der Waals surface area contributed by atoms with Gasteiger partial charge in [0.2, 0.25) is 0 Å². The van der Waals surface area contributed by atoms with Crippen LogP contribution in [0.3, 0.4) is 0 Å². The van der Waals surface area contributed by atoms with Crippen molar-refractivity contribution in [2.45, 2.75) is 30.4 Å². The molecule has 0 spiro atoms. The van der Waals surface area contributed by atoms with Crippen molar-refractivity contribution >= 4 is 28.8 Å². The monoisotopic (exact) mass is 267 g/mol. The summed E-state index contributed by atoms with van der Waals surface area (Å²) in [6, 6.07) is 4.54. The van der Waals surface area contributed by atoms with Gasteiger partial charge in [-0.15, -0.1) is 0 Å². The number of hydrogen-bond acceptors (Lipinski definition) is 5. The number of rotatable bonds is 4. The number of hydrogen-bond donors (Lipinski definition) is 2. The molecule has 0 aliphatic heterocycles. The molecule has 0 saturated heterocycles. The Kier molecular flexibility index (Phi) is 3.58. The van der Waals surface area contributed by atoms with E-state index in [2.05, 4.69) is 4.98 Å². The number of thioether (sulfide) groups is 1. The molecule has 6 heteroatoms. The van der Waals surface area contributed by atoms with Gasteiger partial charge in [0.05, 0.1) is 11.7 Å². The van der Waals surface area contributed by atoms with Crippen LogP contribution in [-0.2, 0) is 0 Å². The first-order chi connectivity index (χ1) is 8.47. The second-order valence-corrected chi connectivity index (χ2v) is 5.36. The molecule has 18 heavy (non-hydrogen) atoms. The van der Waals surface area contributed by atoms with Gasteiger partial charge >= 0.3 is 5.97 Å². The standard InChI is InChI=1S/C12H13NO4S/c1-6(14)7(2)18-12-13-9-4-3-8(11(15)16)5-10(9)17-12/h3-7,14H,1-2H3,(H,15,16). The Hall–Kier alpha value is -1.53. The minimum Gasteiger partial charge on any atom is -0.478 e. The maximum Gasteiger partial charge on any atom is 0.335 e. The van der Waals surface area contributed by atoms with Gasteiger partial charge in [0.25, 0.3) is 5.22 Å². The van der Waals surface area contributed by atoms with Crippen LogP contribution in [-0.4, -0.2) is 32.5 Å². The number of fused-ring (bicyclic) bond motifs is 1. The summed E-state index contributed by atoms with van der Waals surface area (Å²) in [5.74, 6) is -1.00. The van der Waals surface area contributed by atoms with Crippen LogP contribution >= 0.6 is 11.8 Å². The lowest BCUT2D eigenvalue weighted by Gasteiger charge is -2.10. The van der Waals surface area contributed by atoms with E-state index in [0.717, 1.165) is 0 Å². The molecule has 2 aromatic rings. The smallest absolute Gasteiger partial charge is 0.335 e. The molecule has 1 heterocycles. The molecule has 0 aliphatic carbocycles. The van der Waals surface area contributed by atoms with Gasteiger partial charge in [-0.05, 0) is 25.1 Å². The van der Waals surface area contributed by atoms with E-state index >= 15 is 0 Å². The minimum atomic E-state index is -1.00. The molecule has 1 aromatic carbocycles. The molecule has 0 bridgehead atoms. The van der Waals surface area contributed by atoms with E-state index in [1.165, 1.54) is 23.9 Å². The van der Waals surface area contributed by atoms with Gasteiger partial charge in [0.15, 0.2) is 5.58 Å². The van der Waals surface area contributed by atoms with E-state index in [0.29, 0.717) is 16.3 Å². The van der Waals surface area contributed by atoms with Crippen LogP contribution < -0.4 is 0 Å². The largest absolute Gasteiger partial charge is 0.478 e. The zero-order chi connectivity index (χ0) is 13.3. The fourth-order valence-electron chi connectivity index (χ4n) is 1.34. The molecule has 0 saturated carbocycles. The summed E-state index contributed by atoms with van der Waals surface area (Å²) in [5.41, 5.74) is 1.22. The number of carbonyl (C=O) groups is 1. The molecule has 5 nitrogen and oxygen atoms in total. The van der Waals surface area contributed by atoms with Gasteiger partial charge in [-0.3, -0.25) is 0 Å². The van der Waals surface area contributed by atoms with Crippen molar-refractivity contribution in [3.63, 3.8) is 0 Å². The number of aliphatic hydroxyl groups is 1. The lowest BCUT2D eigenvalue weighted by molar-refractivity contribution is 0.0697. The van der Waals surface area contributed by atoms with Gasteiger partial charge < -0.3 is 14.6 Å². The van der Waals surface area contributed by atoms with Crippen molar-refractivity contribution in [1.82, 2.24) is 4.98 Å². The van der Waals surface area contributed by atoms with Gasteiger partial charge in [0.1, 0.15) is 5.52 Å². The van der Waals surface area contributed by atoms with Crippen molar-refractivity contribution < 1.29 is 19.4 Å². The zero-order valence-electron chi connectivity index (χ0n) is 9.95. The summed E-state index contributed by atoms with van der Waals surface area (Å²) in [7, 11) is 0. The molecule has 0 radical (unpaired) electrons. The highest BCUT2D eigenvalue weighted by molar-refractivity contribution is 7.99. The predicted octanol–water partition coefficient (Wildman–Crippen LogP) is 2.39. The van der Waals surface area contributed by atoms with E-state index in [-0.39, 0.29) is 10.8 Å². The number of carboxylic acids is 1. The average Bonchev–Trinajstić information content (AvgIpc) is 2.69. The molecular weight excluding hydrogens is 254 g/mol. The van der Waals surface area contributed by atoms with Crippen molar-refractivity contribution in [3.8, 4) is 0 Å². The number of aromatic carboxylic acids is 1. The number of nitrogens with zero attached hydrogens (tertiary/aromatic N) is 1. The number of benzene rings is 1. The fraction of sp³-hybridized carbons (Fsp3) is 0.333. The predicted molar refractivity (Wildman–Crippen MR) is 68.0 cm³/mol. The highest BCUT2D eigenvalue weighted by Gasteiger charge is 2.15. The first-order valence-corrected chi connectivity index (χ1v) is 6.34. The van der Waals surface area contributed by atoms with E-state index in [9.17, 15) is 9.90 Å². The Morgan fingerprint density at radius 1 is 1.44 bits per heavy atom. The van der Waals surface area contributed by atoms with Crippen molar-refractivity contribution in [3.05, 3.63) is 23.8 Å². The summed E-state index contributed by atoms with van der Waals surface area (Å²) in [6.45, 7) is 3.57. The molecule has 0 amide bonds. The second kappa shape index (κ2) is 4.99. The highest BCUT2D eigenvalue weighted by Crippen LogP contribution is 2.28. The number of aliphatic hydroxyl groups excluding tert-OH is 1. The van der Waals surface area contributed by atoms with E-state index in [1.807, 2.05) is 6.92 Å². The Labute approximate surface area is 108 Å². The average molecular weight is 267 g/mol. The maximum atomic E-state index is 10.8. The molecule has 1 aromatic heterocycles. The summed E-state index contributed by atoms with van der Waals surface area (Å²) in [6.07, 6.45) is -0.473. The van der Waals surface area contributed by atoms with E-state index in [4.69, 9.17) is 9.52 Å². The van der Waals surface area contributed by atoms with Crippen LogP contribution in [0.25, 0.3) is 11.1 Å². The number of carboxylic acid groups (broad SMARTS) is 1. The Bertz CT molecular complexity index is 578. The molecule has 2 atom stereocenters. The fourth-order valence-corrected chi connectivity index (χ4v) is 2.15. The third-order valence-corrected chi connectivity index (χ3v) is 3.72. The first kappa shape index (κ1) is 12.9.